The number of H-pyrrole nitrogens is 1. The largest absolute Gasteiger partial charge is 0.492 e. The summed E-state index contributed by atoms with van der Waals surface area (Å²) in [5.74, 6) is 0.309. The maximum Gasteiger partial charge on any atom is 0.251 e. The van der Waals surface area contributed by atoms with Crippen molar-refractivity contribution in [2.75, 3.05) is 20.0 Å². The minimum Gasteiger partial charge on any atom is -0.492 e. The number of aromatic nitrogens is 1. The van der Waals surface area contributed by atoms with Crippen LogP contribution in [0.2, 0.25) is 5.02 Å². The minimum absolute atomic E-state index is 0.106. The molecule has 0 saturated heterocycles. The van der Waals surface area contributed by atoms with Crippen molar-refractivity contribution in [1.29, 1.82) is 0 Å². The molecule has 1 N–H and O–H groups in total. The maximum absolute atomic E-state index is 12.5. The summed E-state index contributed by atoms with van der Waals surface area (Å²) in [7, 11) is 0. The van der Waals surface area contributed by atoms with Gasteiger partial charge in [-0.05, 0) is 36.8 Å². The van der Waals surface area contributed by atoms with Gasteiger partial charge in [0.15, 0.2) is 0 Å². The van der Waals surface area contributed by atoms with Crippen molar-refractivity contribution in [3.8, 4) is 5.75 Å². The van der Waals surface area contributed by atoms with Gasteiger partial charge in [0, 0.05) is 17.0 Å². The summed E-state index contributed by atoms with van der Waals surface area (Å²) in [6.07, 6.45) is 0.507. The molecule has 24 heavy (non-hydrogen) atoms. The Hall–Kier alpha value is -1.62. The van der Waals surface area contributed by atoms with Crippen molar-refractivity contribution >= 4 is 22.5 Å². The van der Waals surface area contributed by atoms with E-state index in [0.717, 1.165) is 5.39 Å². The zero-order chi connectivity index (χ0) is 17.7. The number of hydrogen-bond acceptors (Lipinski definition) is 2. The molecule has 1 heterocycles. The lowest BCUT2D eigenvalue weighted by Gasteiger charge is -2.16. The van der Waals surface area contributed by atoms with Crippen LogP contribution in [0.15, 0.2) is 23.0 Å². The average molecular weight is 358 g/mol. The first-order valence-corrected chi connectivity index (χ1v) is 8.45. The van der Waals surface area contributed by atoms with E-state index in [-0.39, 0.29) is 36.8 Å². The van der Waals surface area contributed by atoms with Gasteiger partial charge in [0.2, 0.25) is 0 Å². The fourth-order valence-electron chi connectivity index (χ4n) is 2.59. The number of fused-ring (bicyclic) bond motifs is 1. The second kappa shape index (κ2) is 8.47. The second-order valence-electron chi connectivity index (χ2n) is 6.21. The molecule has 0 amide bonds. The Balaban J connectivity index is 2.27. The van der Waals surface area contributed by atoms with Gasteiger partial charge in [-0.1, -0.05) is 25.4 Å². The Kier molecular flexibility index (Phi) is 6.60. The quantitative estimate of drug-likeness (QED) is 0.720. The van der Waals surface area contributed by atoms with Crippen molar-refractivity contribution in [3.05, 3.63) is 39.1 Å². The summed E-state index contributed by atoms with van der Waals surface area (Å²) in [6, 6.07) is 5.21. The fourth-order valence-corrected chi connectivity index (χ4v) is 2.82. The van der Waals surface area contributed by atoms with E-state index in [1.54, 1.807) is 12.1 Å². The second-order valence-corrected chi connectivity index (χ2v) is 6.62. The van der Waals surface area contributed by atoms with Gasteiger partial charge >= 0.3 is 0 Å². The molecule has 2 aromatic rings. The highest BCUT2D eigenvalue weighted by Gasteiger charge is 2.13. The van der Waals surface area contributed by atoms with Crippen LogP contribution in [0.3, 0.4) is 0 Å². The first-order valence-electron chi connectivity index (χ1n) is 8.07. The van der Waals surface area contributed by atoms with Gasteiger partial charge in [0.1, 0.15) is 5.75 Å². The van der Waals surface area contributed by atoms with E-state index < -0.39 is 13.3 Å². The number of aromatic amines is 1. The molecule has 2 rings (SSSR count). The molecule has 0 atom stereocenters. The molecule has 0 aliphatic carbocycles. The average Bonchev–Trinajstić information content (AvgIpc) is 2.52. The Labute approximate surface area is 145 Å². The van der Waals surface area contributed by atoms with Crippen LogP contribution in [-0.4, -0.2) is 24.9 Å². The van der Waals surface area contributed by atoms with E-state index in [0.29, 0.717) is 21.9 Å². The zero-order valence-electron chi connectivity index (χ0n) is 13.9. The molecular weight excluding hydrogens is 336 g/mol. The van der Waals surface area contributed by atoms with Crippen molar-refractivity contribution in [2.45, 2.75) is 32.6 Å². The summed E-state index contributed by atoms with van der Waals surface area (Å²) in [4.78, 5) is 14.9. The number of benzene rings is 1. The van der Waals surface area contributed by atoms with Gasteiger partial charge in [-0.3, -0.25) is 13.6 Å². The van der Waals surface area contributed by atoms with E-state index >= 15 is 0 Å². The molecule has 0 aliphatic rings. The summed E-state index contributed by atoms with van der Waals surface area (Å²) in [5.41, 5.74) is 1.17. The van der Waals surface area contributed by atoms with Gasteiger partial charge in [-0.25, -0.2) is 0 Å². The fraction of sp³-hybridized carbons (Fsp3) is 0.500. The van der Waals surface area contributed by atoms with E-state index in [4.69, 9.17) is 16.3 Å². The molecule has 1 aromatic carbocycles. The van der Waals surface area contributed by atoms with Crippen LogP contribution >= 0.6 is 11.6 Å². The molecule has 132 valence electrons. The lowest BCUT2D eigenvalue weighted by Crippen LogP contribution is -2.15. The number of nitrogens with one attached hydrogen (secondary N) is 1. The first-order chi connectivity index (χ1) is 11.5. The molecule has 0 fully saturated rings. The summed E-state index contributed by atoms with van der Waals surface area (Å²) < 4.78 is 30.6. The highest BCUT2D eigenvalue weighted by molar-refractivity contribution is 6.32. The van der Waals surface area contributed by atoms with Gasteiger partial charge in [0.05, 0.1) is 30.5 Å². The minimum atomic E-state index is -0.509. The van der Waals surface area contributed by atoms with Gasteiger partial charge in [0.25, 0.3) is 5.56 Å². The van der Waals surface area contributed by atoms with E-state index in [9.17, 15) is 13.6 Å². The number of halogens is 3. The Morgan fingerprint density at radius 3 is 2.42 bits per heavy atom. The lowest BCUT2D eigenvalue weighted by atomic mass is 10.0. The predicted molar refractivity (Wildman–Crippen MR) is 93.8 cm³/mol. The Morgan fingerprint density at radius 2 is 1.83 bits per heavy atom. The van der Waals surface area contributed by atoms with Crippen LogP contribution in [0.5, 0.6) is 5.75 Å². The van der Waals surface area contributed by atoms with Crippen LogP contribution in [-0.2, 0) is 0 Å². The topological polar surface area (TPSA) is 42.1 Å². The molecule has 6 heteroatoms. The third-order valence-electron chi connectivity index (χ3n) is 4.06. The third-order valence-corrected chi connectivity index (χ3v) is 4.35. The first kappa shape index (κ1) is 18.7. The standard InChI is InChI=1S/C18H22ClF2NO2/c1-11(2)14-7-13-8-15(19)17(9-16(13)22-18(14)23)24-10-12(3-5-20)4-6-21/h7-9,11-12H,3-6,10H2,1-2H3,(H,22,23). The third kappa shape index (κ3) is 4.47. The van der Waals surface area contributed by atoms with Gasteiger partial charge in [-0.15, -0.1) is 0 Å². The lowest BCUT2D eigenvalue weighted by molar-refractivity contribution is 0.209. The van der Waals surface area contributed by atoms with Crippen LogP contribution in [0.1, 0.15) is 38.2 Å². The predicted octanol–water partition coefficient (Wildman–Crippen LogP) is 5.02. The molecule has 0 spiro atoms. The van der Waals surface area contributed by atoms with E-state index in [1.165, 1.54) is 0 Å². The molecule has 0 radical (unpaired) electrons. The van der Waals surface area contributed by atoms with Crippen molar-refractivity contribution in [2.24, 2.45) is 5.92 Å². The summed E-state index contributed by atoms with van der Waals surface area (Å²) in [5, 5.41) is 1.23. The highest BCUT2D eigenvalue weighted by atomic mass is 35.5. The summed E-state index contributed by atoms with van der Waals surface area (Å²) >= 11 is 6.25. The molecule has 0 saturated carbocycles. The summed E-state index contributed by atoms with van der Waals surface area (Å²) in [6.45, 7) is 3.07. The van der Waals surface area contributed by atoms with Crippen LogP contribution in [0.25, 0.3) is 10.9 Å². The number of ether oxygens (including phenoxy) is 1. The van der Waals surface area contributed by atoms with E-state index in [1.807, 2.05) is 19.9 Å². The van der Waals surface area contributed by atoms with Gasteiger partial charge < -0.3 is 9.72 Å². The normalized spacial score (nSPS) is 11.6. The van der Waals surface area contributed by atoms with Crippen molar-refractivity contribution in [1.82, 2.24) is 4.98 Å². The Morgan fingerprint density at radius 1 is 1.17 bits per heavy atom. The molecule has 0 unspecified atom stereocenters. The zero-order valence-corrected chi connectivity index (χ0v) is 14.6. The number of pyridine rings is 1. The molecular formula is C18H22ClF2NO2. The SMILES string of the molecule is CC(C)c1cc2cc(Cl)c(OCC(CCF)CCF)cc2[nH]c1=O. The van der Waals surface area contributed by atoms with Crippen LogP contribution in [0.4, 0.5) is 8.78 Å². The number of alkyl halides is 2. The van der Waals surface area contributed by atoms with Crippen LogP contribution in [0, 0.1) is 5.92 Å². The van der Waals surface area contributed by atoms with Crippen molar-refractivity contribution in [3.63, 3.8) is 0 Å². The Bertz CT molecular complexity index is 740. The maximum atomic E-state index is 12.5. The molecule has 3 nitrogen and oxygen atoms in total. The molecule has 0 aliphatic heterocycles. The van der Waals surface area contributed by atoms with Crippen LogP contribution < -0.4 is 10.3 Å². The molecule has 0 bridgehead atoms. The van der Waals surface area contributed by atoms with E-state index in [2.05, 4.69) is 4.98 Å². The highest BCUT2D eigenvalue weighted by Crippen LogP contribution is 2.30. The van der Waals surface area contributed by atoms with Gasteiger partial charge in [-0.2, -0.15) is 0 Å². The number of rotatable bonds is 8. The van der Waals surface area contributed by atoms with Crippen molar-refractivity contribution < 1.29 is 13.5 Å². The monoisotopic (exact) mass is 357 g/mol. The smallest absolute Gasteiger partial charge is 0.251 e. The molecule has 1 aromatic heterocycles. The number of hydrogen-bond donors (Lipinski definition) is 1.